The molecule has 0 N–H and O–H groups in total. The molecule has 3 aromatic heterocycles. The predicted molar refractivity (Wildman–Crippen MR) is 112 cm³/mol. The molecule has 0 saturated heterocycles. The van der Waals surface area contributed by atoms with Crippen molar-refractivity contribution in [1.29, 1.82) is 0 Å². The van der Waals surface area contributed by atoms with Gasteiger partial charge in [-0.25, -0.2) is 4.98 Å². The summed E-state index contributed by atoms with van der Waals surface area (Å²) < 4.78 is 6.23. The Kier molecular flexibility index (Phi) is 4.47. The van der Waals surface area contributed by atoms with Gasteiger partial charge in [-0.15, -0.1) is 0 Å². The molecule has 0 aliphatic carbocycles. The van der Waals surface area contributed by atoms with Crippen LogP contribution in [0.5, 0.6) is 0 Å². The van der Waals surface area contributed by atoms with Crippen molar-refractivity contribution in [3.05, 3.63) is 59.4 Å². The van der Waals surface area contributed by atoms with E-state index in [1.807, 2.05) is 6.20 Å². The van der Waals surface area contributed by atoms with Crippen LogP contribution in [-0.4, -0.2) is 9.97 Å². The molecule has 1 aromatic carbocycles. The average Bonchev–Trinajstić information content (AvgIpc) is 3.01. The Bertz CT molecular complexity index is 1120. The molecule has 3 nitrogen and oxygen atoms in total. The van der Waals surface area contributed by atoms with Gasteiger partial charge in [-0.05, 0) is 60.6 Å². The monoisotopic (exact) mass is 358 g/mol. The van der Waals surface area contributed by atoms with Gasteiger partial charge in [-0.2, -0.15) is 0 Å². The smallest absolute Gasteiger partial charge is 0.227 e. The summed E-state index contributed by atoms with van der Waals surface area (Å²) in [7, 11) is 0. The van der Waals surface area contributed by atoms with Crippen molar-refractivity contribution in [3.8, 4) is 11.3 Å². The van der Waals surface area contributed by atoms with E-state index in [1.165, 1.54) is 11.1 Å². The number of furan rings is 1. The lowest BCUT2D eigenvalue weighted by molar-refractivity contribution is 0.644. The molecular formula is C24H26N2O. The largest absolute Gasteiger partial charge is 0.437 e. The van der Waals surface area contributed by atoms with Gasteiger partial charge in [0.1, 0.15) is 5.58 Å². The lowest BCUT2D eigenvalue weighted by atomic mass is 9.97. The van der Waals surface area contributed by atoms with Crippen molar-refractivity contribution in [2.75, 3.05) is 0 Å². The minimum Gasteiger partial charge on any atom is -0.437 e. The van der Waals surface area contributed by atoms with E-state index in [4.69, 9.17) is 14.4 Å². The van der Waals surface area contributed by atoms with Gasteiger partial charge in [0.15, 0.2) is 0 Å². The summed E-state index contributed by atoms with van der Waals surface area (Å²) in [6.07, 6.45) is 3.03. The van der Waals surface area contributed by atoms with Crippen molar-refractivity contribution in [2.45, 2.75) is 47.0 Å². The van der Waals surface area contributed by atoms with Crippen LogP contribution < -0.4 is 0 Å². The standard InChI is InChI=1S/C24H26N2O/c1-14(2)11-17-12-22(25-13-16(17)5)20-8-6-7-18-19-9-10-21(15(3)4)26-24(19)27-23(18)20/h6-10,12-15H,11H2,1-5H3. The number of aromatic nitrogens is 2. The predicted octanol–water partition coefficient (Wildman–Crippen LogP) is 6.67. The van der Waals surface area contributed by atoms with E-state index in [0.29, 0.717) is 17.5 Å². The fraction of sp³-hybridized carbons (Fsp3) is 0.333. The zero-order valence-electron chi connectivity index (χ0n) is 16.7. The highest BCUT2D eigenvalue weighted by Gasteiger charge is 2.15. The van der Waals surface area contributed by atoms with E-state index in [9.17, 15) is 0 Å². The Morgan fingerprint density at radius 2 is 1.81 bits per heavy atom. The first-order valence-electron chi connectivity index (χ1n) is 9.72. The fourth-order valence-electron chi connectivity index (χ4n) is 3.59. The number of para-hydroxylation sites is 1. The molecule has 0 aliphatic heterocycles. The lowest BCUT2D eigenvalue weighted by Crippen LogP contribution is -1.99. The summed E-state index contributed by atoms with van der Waals surface area (Å²) in [6.45, 7) is 10.9. The summed E-state index contributed by atoms with van der Waals surface area (Å²) in [4.78, 5) is 9.43. The van der Waals surface area contributed by atoms with E-state index in [0.717, 1.165) is 39.7 Å². The number of benzene rings is 1. The highest BCUT2D eigenvalue weighted by Crippen LogP contribution is 2.35. The van der Waals surface area contributed by atoms with Crippen LogP contribution in [0.2, 0.25) is 0 Å². The molecule has 4 aromatic rings. The van der Waals surface area contributed by atoms with Crippen LogP contribution in [-0.2, 0) is 6.42 Å². The van der Waals surface area contributed by atoms with Crippen molar-refractivity contribution in [3.63, 3.8) is 0 Å². The normalized spacial score (nSPS) is 12.0. The van der Waals surface area contributed by atoms with Crippen LogP contribution in [0, 0.1) is 12.8 Å². The Morgan fingerprint density at radius 3 is 2.56 bits per heavy atom. The maximum atomic E-state index is 6.23. The summed E-state index contributed by atoms with van der Waals surface area (Å²) >= 11 is 0. The van der Waals surface area contributed by atoms with Crippen molar-refractivity contribution < 1.29 is 4.42 Å². The fourth-order valence-corrected chi connectivity index (χ4v) is 3.59. The average molecular weight is 358 g/mol. The first kappa shape index (κ1) is 17.7. The second-order valence-electron chi connectivity index (χ2n) is 8.12. The molecule has 138 valence electrons. The minimum atomic E-state index is 0.374. The van der Waals surface area contributed by atoms with Gasteiger partial charge >= 0.3 is 0 Å². The Labute approximate surface area is 160 Å². The molecule has 3 heterocycles. The summed E-state index contributed by atoms with van der Waals surface area (Å²) in [6, 6.07) is 12.7. The van der Waals surface area contributed by atoms with Gasteiger partial charge < -0.3 is 4.42 Å². The van der Waals surface area contributed by atoms with E-state index in [1.54, 1.807) is 0 Å². The molecule has 0 aliphatic rings. The second kappa shape index (κ2) is 6.80. The molecule has 0 spiro atoms. The van der Waals surface area contributed by atoms with E-state index < -0.39 is 0 Å². The van der Waals surface area contributed by atoms with Crippen molar-refractivity contribution >= 4 is 22.1 Å². The SMILES string of the molecule is Cc1cnc(-c2cccc3c2oc2nc(C(C)C)ccc23)cc1CC(C)C. The van der Waals surface area contributed by atoms with Crippen LogP contribution in [0.3, 0.4) is 0 Å². The van der Waals surface area contributed by atoms with E-state index in [2.05, 4.69) is 71.0 Å². The number of nitrogens with zero attached hydrogens (tertiary/aromatic N) is 2. The molecule has 4 rings (SSSR count). The first-order chi connectivity index (χ1) is 12.9. The van der Waals surface area contributed by atoms with Crippen molar-refractivity contribution in [2.24, 2.45) is 5.92 Å². The number of hydrogen-bond acceptors (Lipinski definition) is 3. The zero-order chi connectivity index (χ0) is 19.1. The molecule has 0 radical (unpaired) electrons. The molecule has 0 bridgehead atoms. The number of hydrogen-bond donors (Lipinski definition) is 0. The van der Waals surface area contributed by atoms with Gasteiger partial charge in [0.25, 0.3) is 0 Å². The summed E-state index contributed by atoms with van der Waals surface area (Å²) in [5.41, 5.74) is 7.21. The topological polar surface area (TPSA) is 38.9 Å². The highest BCUT2D eigenvalue weighted by molar-refractivity contribution is 6.08. The third kappa shape index (κ3) is 3.23. The summed E-state index contributed by atoms with van der Waals surface area (Å²) in [5.74, 6) is 0.985. The molecule has 27 heavy (non-hydrogen) atoms. The highest BCUT2D eigenvalue weighted by atomic mass is 16.3. The molecule has 0 atom stereocenters. The quantitative estimate of drug-likeness (QED) is 0.409. The van der Waals surface area contributed by atoms with Gasteiger partial charge in [0.2, 0.25) is 5.71 Å². The van der Waals surface area contributed by atoms with Crippen LogP contribution in [0.15, 0.2) is 47.0 Å². The van der Waals surface area contributed by atoms with Crippen LogP contribution in [0.25, 0.3) is 33.3 Å². The van der Waals surface area contributed by atoms with E-state index in [-0.39, 0.29) is 0 Å². The number of aryl methyl sites for hydroxylation is 1. The Hall–Kier alpha value is -2.68. The van der Waals surface area contributed by atoms with Crippen LogP contribution in [0.1, 0.15) is 50.4 Å². The van der Waals surface area contributed by atoms with Crippen molar-refractivity contribution in [1.82, 2.24) is 9.97 Å². The first-order valence-corrected chi connectivity index (χ1v) is 9.72. The third-order valence-corrected chi connectivity index (χ3v) is 5.10. The zero-order valence-corrected chi connectivity index (χ0v) is 16.7. The third-order valence-electron chi connectivity index (χ3n) is 5.10. The molecular weight excluding hydrogens is 332 g/mol. The van der Waals surface area contributed by atoms with E-state index >= 15 is 0 Å². The number of rotatable bonds is 4. The number of pyridine rings is 2. The summed E-state index contributed by atoms with van der Waals surface area (Å²) in [5, 5.41) is 2.16. The molecule has 0 fully saturated rings. The van der Waals surface area contributed by atoms with Crippen LogP contribution in [0.4, 0.5) is 0 Å². The second-order valence-corrected chi connectivity index (χ2v) is 8.12. The Balaban J connectivity index is 1.91. The maximum absolute atomic E-state index is 6.23. The molecule has 0 unspecified atom stereocenters. The van der Waals surface area contributed by atoms with Gasteiger partial charge in [-0.1, -0.05) is 39.8 Å². The lowest BCUT2D eigenvalue weighted by Gasteiger charge is -2.10. The molecule has 3 heteroatoms. The van der Waals surface area contributed by atoms with Gasteiger partial charge in [0, 0.05) is 28.2 Å². The Morgan fingerprint density at radius 1 is 1.00 bits per heavy atom. The van der Waals surface area contributed by atoms with Crippen LogP contribution >= 0.6 is 0 Å². The molecule has 0 amide bonds. The minimum absolute atomic E-state index is 0.374. The molecule has 0 saturated carbocycles. The maximum Gasteiger partial charge on any atom is 0.227 e. The van der Waals surface area contributed by atoms with Gasteiger partial charge in [0.05, 0.1) is 5.69 Å². The van der Waals surface area contributed by atoms with Gasteiger partial charge in [-0.3, -0.25) is 4.98 Å². The number of fused-ring (bicyclic) bond motifs is 3.